The molecule has 1 rings (SSSR count). The molecule has 1 aliphatic heterocycles. The van der Waals surface area contributed by atoms with Gasteiger partial charge in [0.2, 0.25) is 0 Å². The fourth-order valence-corrected chi connectivity index (χ4v) is 309. The molecule has 1 fully saturated rings. The summed E-state index contributed by atoms with van der Waals surface area (Å²) in [6.07, 6.45) is 0. The van der Waals surface area contributed by atoms with Crippen LogP contribution >= 0.6 is 0 Å². The first-order valence-electron chi connectivity index (χ1n) is 18.8. The molecule has 47 heavy (non-hydrogen) atoms. The van der Waals surface area contributed by atoms with Gasteiger partial charge >= 0.3 is 0 Å². The predicted octanol–water partition coefficient (Wildman–Crippen LogP) is 14.1. The molecule has 0 amide bonds. The van der Waals surface area contributed by atoms with Gasteiger partial charge in [0.15, 0.2) is 0 Å². The van der Waals surface area contributed by atoms with Gasteiger partial charge in [-0.05, 0) is 40.3 Å². The van der Waals surface area contributed by atoms with Gasteiger partial charge in [-0.2, -0.15) is 0 Å². The van der Waals surface area contributed by atoms with Gasteiger partial charge in [-0.1, -0.05) is 205 Å². The average molecular weight is 844 g/mol. The monoisotopic (exact) mass is 844 g/mol. The minimum absolute atomic E-state index is 0. The molecule has 8 radical (unpaired) electrons. The Labute approximate surface area is 321 Å². The second kappa shape index (κ2) is 14.5. The average Bonchev–Trinajstić information content (AvgIpc) is 2.70. The van der Waals surface area contributed by atoms with Crippen molar-refractivity contribution < 1.29 is 0 Å². The number of hydrogen-bond acceptors (Lipinski definition) is 0. The van der Waals surface area contributed by atoms with E-state index in [1.54, 1.807) is 0 Å². The summed E-state index contributed by atoms with van der Waals surface area (Å²) in [6, 6.07) is 0. The van der Waals surface area contributed by atoms with E-state index in [9.17, 15) is 0 Å². The van der Waals surface area contributed by atoms with Crippen LogP contribution in [0.25, 0.3) is 0 Å². The van der Waals surface area contributed by atoms with Crippen LogP contribution in [0.15, 0.2) is 0 Å². The van der Waals surface area contributed by atoms with E-state index in [0.717, 1.165) is 0 Å². The first-order chi connectivity index (χ1) is 19.3. The zero-order valence-electron chi connectivity index (χ0n) is 38.5. The molecule has 0 aromatic heterocycles. The fourth-order valence-electron chi connectivity index (χ4n) is 9.81. The Morgan fingerprint density at radius 3 is 0.660 bits per heavy atom. The first-order valence-corrected chi connectivity index (χ1v) is 42.8. The maximum atomic E-state index is 3.01. The molecule has 9 heteroatoms. The van der Waals surface area contributed by atoms with Crippen molar-refractivity contribution in [2.24, 2.45) is 0 Å². The summed E-state index contributed by atoms with van der Waals surface area (Å²) in [5, 5.41) is 3.99. The van der Waals surface area contributed by atoms with Crippen molar-refractivity contribution in [3.05, 3.63) is 0 Å². The van der Waals surface area contributed by atoms with Crippen molar-refractivity contribution >= 4 is 78.3 Å². The van der Waals surface area contributed by atoms with Gasteiger partial charge in [0.1, 0.15) is 0 Å². The molecule has 278 valence electrons. The molecular weight excluding hydrogens is 754 g/mol. The van der Waals surface area contributed by atoms with Gasteiger partial charge in [0.05, 0.1) is 8.80 Å². The Hall–Kier alpha value is 2.28. The molecule has 1 heterocycles. The molecule has 0 saturated carbocycles. The van der Waals surface area contributed by atoms with Crippen LogP contribution in [0.1, 0.15) is 166 Å². The van der Waals surface area contributed by atoms with Crippen LogP contribution in [0.3, 0.4) is 0 Å². The molecule has 0 aromatic rings. The normalized spacial score (nSPS) is 19.2. The minimum atomic E-state index is -1.62. The van der Waals surface area contributed by atoms with Gasteiger partial charge in [0, 0.05) is 69.5 Å². The van der Waals surface area contributed by atoms with Gasteiger partial charge < -0.3 is 0 Å². The Balaban J connectivity index is 0. The van der Waals surface area contributed by atoms with E-state index >= 15 is 0 Å². The van der Waals surface area contributed by atoms with E-state index in [1.165, 1.54) is 0 Å². The van der Waals surface area contributed by atoms with Crippen LogP contribution < -0.4 is 0 Å². The number of rotatable bonds is 3. The van der Waals surface area contributed by atoms with Crippen molar-refractivity contribution in [2.45, 2.75) is 246 Å². The third-order valence-corrected chi connectivity index (χ3v) is 176. The second-order valence-electron chi connectivity index (χ2n) is 24.8. The SMILES string of the molecule is CC(C)(C)[Si](C)([Si]1[Si]([Si](C)(C(C)(C)C)C(C)(C)C)[Si](C)(C)[Si]1[Si](C)(C(C)(C)C)C(C)(C)C)C(C)(C)C.C[Si](C(C)(C)C)C(C)(C)C.[Ge]. The molecule has 0 unspecified atom stereocenters. The zero-order valence-corrected chi connectivity index (χ0v) is 48.6. The van der Waals surface area contributed by atoms with E-state index < -0.39 is 37.2 Å². The van der Waals surface area contributed by atoms with E-state index in [1.807, 2.05) is 0 Å². The first kappa shape index (κ1) is 51.4. The van der Waals surface area contributed by atoms with Crippen LogP contribution in [0.5, 0.6) is 0 Å². The Bertz CT molecular complexity index is 921. The molecule has 0 spiro atoms. The van der Waals surface area contributed by atoms with Gasteiger partial charge in [-0.15, -0.1) is 0 Å². The smallest absolute Gasteiger partial charge is 0.0561 e. The largest absolute Gasteiger partial charge is 0.0743 e. The molecule has 0 aromatic carbocycles. The summed E-state index contributed by atoms with van der Waals surface area (Å²) in [6.45, 7) is 80.0. The topological polar surface area (TPSA) is 0 Å². The van der Waals surface area contributed by atoms with E-state index in [4.69, 9.17) is 0 Å². The molecule has 1 aliphatic rings. The molecule has 0 N–H and O–H groups in total. The van der Waals surface area contributed by atoms with Crippen LogP contribution in [-0.2, 0) is 0 Å². The van der Waals surface area contributed by atoms with Crippen molar-refractivity contribution in [3.8, 4) is 0 Å². The second-order valence-corrected chi connectivity index (χ2v) is 95.2. The van der Waals surface area contributed by atoms with E-state index in [0.29, 0.717) is 40.3 Å². The molecule has 0 aliphatic carbocycles. The van der Waals surface area contributed by atoms with Crippen LogP contribution in [0, 0.1) is 0 Å². The van der Waals surface area contributed by atoms with Gasteiger partial charge in [0.25, 0.3) is 0 Å². The van der Waals surface area contributed by atoms with Crippen molar-refractivity contribution in [3.63, 3.8) is 0 Å². The van der Waals surface area contributed by atoms with Crippen LogP contribution in [-0.4, -0.2) is 78.3 Å². The predicted molar refractivity (Wildman–Crippen MR) is 245 cm³/mol. The summed E-state index contributed by atoms with van der Waals surface area (Å²) in [5.41, 5.74) is 0. The maximum absolute atomic E-state index is 3.01. The molecule has 0 nitrogen and oxygen atoms in total. The standard InChI is InChI=1S/C29H69Si7.C9H21Si.Ge/c1-24(2,3)34(21,25(4,5)6)30-31(35(22,26(7,8)9)27(10,11)12)33(19,20)32(30)36(23,28(13,14)15)29(16,17)18;1-8(2,3)10(7)9(4,5)6;/h1-23H3;1-7H3;. The molecule has 1 saturated heterocycles. The summed E-state index contributed by atoms with van der Waals surface area (Å²) in [7, 11) is -7.48. The summed E-state index contributed by atoms with van der Waals surface area (Å²) in [4.78, 5) is 0. The van der Waals surface area contributed by atoms with Gasteiger partial charge in [-0.25, -0.2) is 0 Å². The van der Waals surface area contributed by atoms with E-state index in [-0.39, 0.29) is 41.1 Å². The number of hydrogen-bond donors (Lipinski definition) is 0. The summed E-state index contributed by atoms with van der Waals surface area (Å²) >= 11 is 0. The van der Waals surface area contributed by atoms with Crippen LogP contribution in [0.4, 0.5) is 0 Å². The Kier molecular flexibility index (Phi) is 15.8. The quantitative estimate of drug-likeness (QED) is 0.248. The van der Waals surface area contributed by atoms with Crippen molar-refractivity contribution in [1.29, 1.82) is 0 Å². The summed E-state index contributed by atoms with van der Waals surface area (Å²) < 4.78 is 0. The Morgan fingerprint density at radius 2 is 0.553 bits per heavy atom. The Morgan fingerprint density at radius 1 is 0.383 bits per heavy atom. The third kappa shape index (κ3) is 9.15. The zero-order chi connectivity index (χ0) is 38.3. The van der Waals surface area contributed by atoms with Crippen molar-refractivity contribution in [2.75, 3.05) is 0 Å². The minimum Gasteiger partial charge on any atom is -0.0743 e. The molecule has 0 atom stereocenters. The molecular formula is C38H90GeSi8. The summed E-state index contributed by atoms with van der Waals surface area (Å²) in [5.74, 6) is 0. The molecule has 0 bridgehead atoms. The van der Waals surface area contributed by atoms with E-state index in [2.05, 4.69) is 205 Å². The van der Waals surface area contributed by atoms with Crippen molar-refractivity contribution in [1.82, 2.24) is 0 Å². The van der Waals surface area contributed by atoms with Crippen LogP contribution in [0.2, 0.25) is 79.6 Å². The maximum Gasteiger partial charge on any atom is 0.0561 e. The third-order valence-electron chi connectivity index (χ3n) is 14.5. The fraction of sp³-hybridized carbons (Fsp3) is 1.00. The van der Waals surface area contributed by atoms with Gasteiger partial charge in [-0.3, -0.25) is 0 Å².